The summed E-state index contributed by atoms with van der Waals surface area (Å²) in [5.74, 6) is 0. The van der Waals surface area contributed by atoms with Crippen LogP contribution in [0.2, 0.25) is 0 Å². The van der Waals surface area contributed by atoms with Crippen LogP contribution < -0.4 is 41.9 Å². The largest absolute Gasteiger partial charge is 1.00 e. The molecule has 0 aliphatic heterocycles. The second-order valence-electron chi connectivity index (χ2n) is 12.1. The molecule has 0 rings (SSSR count). The van der Waals surface area contributed by atoms with Gasteiger partial charge in [-0.15, -0.1) is 0 Å². The molecule has 0 unspecified atom stereocenters. The van der Waals surface area contributed by atoms with E-state index in [0.717, 1.165) is 19.6 Å². The maximum absolute atomic E-state index is 8.74. The fourth-order valence-corrected chi connectivity index (χ4v) is 4.97. The van der Waals surface area contributed by atoms with Gasteiger partial charge in [0, 0.05) is 13.2 Å². The van der Waals surface area contributed by atoms with E-state index in [1.54, 1.807) is 0 Å². The molecule has 0 aromatic rings. The first-order valence-corrected chi connectivity index (χ1v) is 19.8. The maximum Gasteiger partial charge on any atom is 1.00 e. The summed E-state index contributed by atoms with van der Waals surface area (Å²) in [6.07, 6.45) is 42.0. The quantitative estimate of drug-likeness (QED) is 0.0246. The smallest absolute Gasteiger partial charge is 0.381 e. The monoisotopic (exact) mass is 679 g/mol. The predicted octanol–water partition coefficient (Wildman–Crippen LogP) is 10.3. The van der Waals surface area contributed by atoms with Gasteiger partial charge in [0.25, 0.3) is 0 Å². The molecule has 0 fully saturated rings. The van der Waals surface area contributed by atoms with E-state index in [2.05, 4.69) is 27.7 Å². The average Bonchev–Trinajstić information content (AvgIpc) is 2.95. The second-order valence-corrected chi connectivity index (χ2v) is 13.0. The van der Waals surface area contributed by atoms with Crippen LogP contribution in [-0.4, -0.2) is 30.7 Å². The van der Waals surface area contributed by atoms with Gasteiger partial charge in [-0.3, -0.25) is 9.11 Å². The van der Waals surface area contributed by atoms with E-state index < -0.39 is 10.4 Å². The fourth-order valence-electron chi connectivity index (χ4n) is 4.97. The number of hydrogen-bond donors (Lipinski definition) is 4. The van der Waals surface area contributed by atoms with Crippen molar-refractivity contribution in [2.45, 2.75) is 213 Å². The van der Waals surface area contributed by atoms with Gasteiger partial charge < -0.3 is 24.0 Å². The van der Waals surface area contributed by atoms with Crippen molar-refractivity contribution in [3.05, 3.63) is 6.92 Å². The molecule has 0 aromatic carbocycles. The molecule has 9 heteroatoms. The van der Waals surface area contributed by atoms with Gasteiger partial charge in [-0.25, -0.2) is 0 Å². The molecule has 0 aliphatic rings. The minimum atomic E-state index is -4.67. The molecular weight excluding hydrogens is 595 g/mol. The van der Waals surface area contributed by atoms with E-state index in [4.69, 9.17) is 22.3 Å². The molecule has 0 saturated carbocycles. The SMILES string of the molecule is CCCCCCCCCCCCOCCCCCCCCCCCC.N.N.O=S(=O)(O)O.[CH2-]CCCCCCCCCCC.[Na+]. The van der Waals surface area contributed by atoms with Crippen LogP contribution in [0.4, 0.5) is 0 Å². The second kappa shape index (κ2) is 54.2. The van der Waals surface area contributed by atoms with Gasteiger partial charge in [0.2, 0.25) is 0 Å². The third kappa shape index (κ3) is 81.1. The topological polar surface area (TPSA) is 154 Å². The zero-order valence-corrected chi connectivity index (χ0v) is 34.1. The zero-order chi connectivity index (χ0) is 31.8. The van der Waals surface area contributed by atoms with Gasteiger partial charge in [0.05, 0.1) is 0 Å². The summed E-state index contributed by atoms with van der Waals surface area (Å²) in [7, 11) is -4.67. The molecule has 0 amide bonds. The normalized spacial score (nSPS) is 10.4. The number of hydrogen-bond acceptors (Lipinski definition) is 5. The summed E-state index contributed by atoms with van der Waals surface area (Å²) in [6, 6.07) is 0. The first-order valence-electron chi connectivity index (χ1n) is 18.4. The Kier molecular flexibility index (Phi) is 69.8. The maximum atomic E-state index is 8.74. The molecule has 0 bridgehead atoms. The van der Waals surface area contributed by atoms with Crippen molar-refractivity contribution in [2.24, 2.45) is 0 Å². The molecule has 0 spiro atoms. The molecule has 45 heavy (non-hydrogen) atoms. The summed E-state index contributed by atoms with van der Waals surface area (Å²) >= 11 is 0. The van der Waals surface area contributed by atoms with Crippen LogP contribution >= 0.6 is 0 Å². The summed E-state index contributed by atoms with van der Waals surface area (Å²) in [5.41, 5.74) is 0. The minimum Gasteiger partial charge on any atom is -0.381 e. The molecule has 0 saturated heterocycles. The minimum absolute atomic E-state index is 0. The molecule has 0 aromatic heterocycles. The summed E-state index contributed by atoms with van der Waals surface area (Å²) in [6.45, 7) is 12.7. The van der Waals surface area contributed by atoms with E-state index in [9.17, 15) is 0 Å². The van der Waals surface area contributed by atoms with Crippen LogP contribution in [0.3, 0.4) is 0 Å². The molecule has 8 N–H and O–H groups in total. The summed E-state index contributed by atoms with van der Waals surface area (Å²) in [4.78, 5) is 0. The number of ether oxygens (including phenoxy) is 1. The van der Waals surface area contributed by atoms with Crippen molar-refractivity contribution < 1.29 is 51.8 Å². The molecule has 0 atom stereocenters. The van der Waals surface area contributed by atoms with Crippen LogP contribution in [0, 0.1) is 6.92 Å². The van der Waals surface area contributed by atoms with Gasteiger partial charge in [-0.05, 0) is 12.8 Å². The Balaban J connectivity index is -0.000000159. The Morgan fingerprint density at radius 2 is 0.600 bits per heavy atom. The van der Waals surface area contributed by atoms with Crippen LogP contribution in [0.1, 0.15) is 213 Å². The van der Waals surface area contributed by atoms with Gasteiger partial charge >= 0.3 is 40.0 Å². The number of unbranched alkanes of at least 4 members (excludes halogenated alkanes) is 27. The number of rotatable bonds is 31. The van der Waals surface area contributed by atoms with Gasteiger partial charge in [0.1, 0.15) is 0 Å². The van der Waals surface area contributed by atoms with Crippen molar-refractivity contribution in [3.63, 3.8) is 0 Å². The molecular formula is C36H83N2NaO5S. The Hall–Kier alpha value is 0.750. The molecule has 0 radical (unpaired) electrons. The first kappa shape index (κ1) is 58.0. The summed E-state index contributed by atoms with van der Waals surface area (Å²) < 4.78 is 37.4. The van der Waals surface area contributed by atoms with E-state index in [-0.39, 0.29) is 41.9 Å². The van der Waals surface area contributed by atoms with Crippen molar-refractivity contribution in [1.29, 1.82) is 0 Å². The third-order valence-electron chi connectivity index (χ3n) is 7.64. The Morgan fingerprint density at radius 1 is 0.422 bits per heavy atom. The molecule has 0 heterocycles. The first-order chi connectivity index (χ1) is 20.3. The standard InChI is InChI=1S/C24H50O.C12H25.2H3N.Na.H2O4S/c1-3-5-7-9-11-13-15-17-19-21-23-25-24-22-20-18-16-14-12-10-8-6-4-2;1-3-5-7-9-11-12-10-8-6-4-2;;;;1-5(2,3)4/h3-24H2,1-2H3;1,3-12H2,2H3;2*1H3;;(H2,1,2,3,4)/q;-1;;;+1;. The fraction of sp³-hybridized carbons (Fsp3) is 0.972. The average molecular weight is 679 g/mol. The van der Waals surface area contributed by atoms with Crippen LogP contribution in [0.5, 0.6) is 0 Å². The van der Waals surface area contributed by atoms with Gasteiger partial charge in [-0.1, -0.05) is 194 Å². The Morgan fingerprint density at radius 3 is 0.800 bits per heavy atom. The van der Waals surface area contributed by atoms with Gasteiger partial charge in [0.15, 0.2) is 0 Å². The van der Waals surface area contributed by atoms with E-state index >= 15 is 0 Å². The zero-order valence-electron chi connectivity index (χ0n) is 31.3. The van der Waals surface area contributed by atoms with Gasteiger partial charge in [-0.2, -0.15) is 14.8 Å². The van der Waals surface area contributed by atoms with Crippen molar-refractivity contribution >= 4 is 10.4 Å². The van der Waals surface area contributed by atoms with Crippen molar-refractivity contribution in [2.75, 3.05) is 13.2 Å². The van der Waals surface area contributed by atoms with Crippen LogP contribution in [0.15, 0.2) is 0 Å². The van der Waals surface area contributed by atoms with E-state index in [1.165, 1.54) is 186 Å². The van der Waals surface area contributed by atoms with E-state index in [0.29, 0.717) is 0 Å². The van der Waals surface area contributed by atoms with Crippen LogP contribution in [-0.2, 0) is 15.1 Å². The summed E-state index contributed by atoms with van der Waals surface area (Å²) in [5, 5.41) is 0. The van der Waals surface area contributed by atoms with E-state index in [1.807, 2.05) is 0 Å². The van der Waals surface area contributed by atoms with Crippen LogP contribution in [0.25, 0.3) is 0 Å². The molecule has 7 nitrogen and oxygen atoms in total. The molecule has 0 aliphatic carbocycles. The van der Waals surface area contributed by atoms with Crippen molar-refractivity contribution in [3.8, 4) is 0 Å². The predicted molar refractivity (Wildman–Crippen MR) is 196 cm³/mol. The third-order valence-corrected chi connectivity index (χ3v) is 7.64. The van der Waals surface area contributed by atoms with Crippen molar-refractivity contribution in [1.82, 2.24) is 12.3 Å². The Labute approximate surface area is 306 Å². The molecule has 274 valence electrons. The Bertz CT molecular complexity index is 518.